The number of hydrogen-bond acceptors (Lipinski definition) is 2. The zero-order valence-corrected chi connectivity index (χ0v) is 13.7. The normalized spacial score (nSPS) is 13.8. The number of carboxylic acids is 1. The molecule has 0 spiro atoms. The van der Waals surface area contributed by atoms with Gasteiger partial charge in [0.25, 0.3) is 0 Å². The topological polar surface area (TPSA) is 61.1 Å². The van der Waals surface area contributed by atoms with Gasteiger partial charge in [-0.1, -0.05) is 46.3 Å². The Hall–Kier alpha value is -2.33. The van der Waals surface area contributed by atoms with Crippen molar-refractivity contribution in [1.29, 1.82) is 5.26 Å². The van der Waals surface area contributed by atoms with Crippen molar-refractivity contribution in [3.05, 3.63) is 69.7 Å². The van der Waals surface area contributed by atoms with Crippen LogP contribution in [-0.2, 0) is 11.0 Å². The van der Waals surface area contributed by atoms with Gasteiger partial charge in [0, 0.05) is 10.4 Å². The van der Waals surface area contributed by atoms with Crippen molar-refractivity contribution < 1.29 is 23.1 Å². The Morgan fingerprint density at radius 3 is 2.21 bits per heavy atom. The van der Waals surface area contributed by atoms with Crippen LogP contribution in [-0.4, -0.2) is 11.1 Å². The second-order valence-electron chi connectivity index (χ2n) is 5.06. The number of nitriles is 1. The third-order valence-electron chi connectivity index (χ3n) is 3.57. The molecule has 0 saturated heterocycles. The van der Waals surface area contributed by atoms with E-state index in [1.54, 1.807) is 18.2 Å². The number of hydrogen-bond donors (Lipinski definition) is 1. The highest BCUT2D eigenvalue weighted by molar-refractivity contribution is 9.10. The summed E-state index contributed by atoms with van der Waals surface area (Å²) in [5.74, 6) is -4.35. The molecule has 24 heavy (non-hydrogen) atoms. The number of nitrogens with zero attached hydrogens (tertiary/aromatic N) is 1. The average molecular weight is 398 g/mol. The molecule has 2 rings (SSSR count). The van der Waals surface area contributed by atoms with Crippen molar-refractivity contribution in [2.45, 2.75) is 12.1 Å². The van der Waals surface area contributed by atoms with E-state index >= 15 is 0 Å². The molecule has 2 aromatic carbocycles. The van der Waals surface area contributed by atoms with Crippen molar-refractivity contribution in [3.63, 3.8) is 0 Å². The van der Waals surface area contributed by atoms with Gasteiger partial charge < -0.3 is 5.11 Å². The van der Waals surface area contributed by atoms with Crippen LogP contribution in [0, 0.1) is 17.2 Å². The maximum absolute atomic E-state index is 13.3. The maximum atomic E-state index is 13.3. The number of rotatable bonds is 4. The minimum atomic E-state index is -4.65. The fourth-order valence-corrected chi connectivity index (χ4v) is 2.78. The van der Waals surface area contributed by atoms with Crippen LogP contribution in [0.5, 0.6) is 0 Å². The lowest BCUT2D eigenvalue weighted by Crippen LogP contribution is -2.24. The Morgan fingerprint density at radius 1 is 1.12 bits per heavy atom. The van der Waals surface area contributed by atoms with Crippen LogP contribution < -0.4 is 0 Å². The lowest BCUT2D eigenvalue weighted by Gasteiger charge is -2.24. The molecule has 2 aromatic rings. The highest BCUT2D eigenvalue weighted by Crippen LogP contribution is 2.40. The van der Waals surface area contributed by atoms with Crippen molar-refractivity contribution in [2.24, 2.45) is 5.92 Å². The monoisotopic (exact) mass is 397 g/mol. The first-order chi connectivity index (χ1) is 11.3. The molecule has 0 amide bonds. The van der Waals surface area contributed by atoms with E-state index in [1.165, 1.54) is 30.3 Å². The molecule has 0 saturated carbocycles. The summed E-state index contributed by atoms with van der Waals surface area (Å²) in [6.45, 7) is 0. The van der Waals surface area contributed by atoms with E-state index in [0.29, 0.717) is 10.0 Å². The number of benzene rings is 2. The van der Waals surface area contributed by atoms with Crippen LogP contribution in [0.2, 0.25) is 0 Å². The van der Waals surface area contributed by atoms with Crippen LogP contribution >= 0.6 is 15.9 Å². The van der Waals surface area contributed by atoms with E-state index in [1.807, 2.05) is 0 Å². The third kappa shape index (κ3) is 3.77. The quantitative estimate of drug-likeness (QED) is 0.803. The summed E-state index contributed by atoms with van der Waals surface area (Å²) in [5.41, 5.74) is -0.857. The number of carboxylic acid groups (broad SMARTS) is 1. The zero-order chi connectivity index (χ0) is 17.9. The fraction of sp³-hybridized carbons (Fsp3) is 0.176. The summed E-state index contributed by atoms with van der Waals surface area (Å²) in [4.78, 5) is 11.4. The summed E-state index contributed by atoms with van der Waals surface area (Å²) >= 11 is 3.22. The van der Waals surface area contributed by atoms with Gasteiger partial charge in [0.1, 0.15) is 0 Å². The van der Waals surface area contributed by atoms with Crippen molar-refractivity contribution in [3.8, 4) is 6.07 Å². The molecule has 2 unspecified atom stereocenters. The molecule has 0 radical (unpaired) electrons. The zero-order valence-electron chi connectivity index (χ0n) is 12.1. The summed E-state index contributed by atoms with van der Waals surface area (Å²) in [6, 6.07) is 12.5. The average Bonchev–Trinajstić information content (AvgIpc) is 2.52. The summed E-state index contributed by atoms with van der Waals surface area (Å²) in [5, 5.41) is 18.5. The van der Waals surface area contributed by atoms with Crippen LogP contribution in [0.25, 0.3) is 0 Å². The van der Waals surface area contributed by atoms with E-state index in [0.717, 1.165) is 6.07 Å². The predicted octanol–water partition coefficient (Wildman–Crippen LogP) is 4.82. The van der Waals surface area contributed by atoms with Gasteiger partial charge in [-0.05, 0) is 29.3 Å². The molecule has 0 heterocycles. The third-order valence-corrected chi connectivity index (χ3v) is 4.10. The van der Waals surface area contributed by atoms with Gasteiger partial charge in [-0.25, -0.2) is 0 Å². The van der Waals surface area contributed by atoms with Crippen LogP contribution in [0.4, 0.5) is 13.2 Å². The van der Waals surface area contributed by atoms with Crippen molar-refractivity contribution in [2.75, 3.05) is 0 Å². The molecule has 0 fully saturated rings. The molecule has 3 nitrogen and oxygen atoms in total. The first kappa shape index (κ1) is 18.0. The minimum absolute atomic E-state index is 0.235. The Balaban J connectivity index is 2.71. The molecule has 0 aliphatic heterocycles. The molecule has 0 aliphatic rings. The maximum Gasteiger partial charge on any atom is 0.416 e. The number of alkyl halides is 3. The number of halogens is 4. The first-order valence-corrected chi connectivity index (χ1v) is 7.59. The van der Waals surface area contributed by atoms with Crippen molar-refractivity contribution in [1.82, 2.24) is 0 Å². The lowest BCUT2D eigenvalue weighted by atomic mass is 9.79. The van der Waals surface area contributed by atoms with E-state index in [-0.39, 0.29) is 5.56 Å². The molecule has 0 aromatic heterocycles. The second kappa shape index (κ2) is 7.05. The number of aliphatic carboxylic acids is 1. The lowest BCUT2D eigenvalue weighted by molar-refractivity contribution is -0.142. The van der Waals surface area contributed by atoms with Gasteiger partial charge in [-0.2, -0.15) is 18.4 Å². The summed E-state index contributed by atoms with van der Waals surface area (Å²) in [6.07, 6.45) is -4.65. The summed E-state index contributed by atoms with van der Waals surface area (Å²) in [7, 11) is 0. The Morgan fingerprint density at radius 2 is 1.71 bits per heavy atom. The van der Waals surface area contributed by atoms with Gasteiger partial charge in [0.05, 0.1) is 11.6 Å². The first-order valence-electron chi connectivity index (χ1n) is 6.79. The Bertz CT molecular complexity index is 782. The highest BCUT2D eigenvalue weighted by atomic mass is 79.9. The molecule has 124 valence electrons. The summed E-state index contributed by atoms with van der Waals surface area (Å²) < 4.78 is 40.7. The van der Waals surface area contributed by atoms with E-state index in [2.05, 4.69) is 15.9 Å². The fourth-order valence-electron chi connectivity index (χ4n) is 2.52. The highest BCUT2D eigenvalue weighted by Gasteiger charge is 2.39. The molecule has 7 heteroatoms. The predicted molar refractivity (Wildman–Crippen MR) is 84.2 cm³/mol. The smallest absolute Gasteiger partial charge is 0.416 e. The molecular weight excluding hydrogens is 387 g/mol. The minimum Gasteiger partial charge on any atom is -0.480 e. The van der Waals surface area contributed by atoms with Crippen LogP contribution in [0.15, 0.2) is 53.0 Å². The molecule has 0 bridgehead atoms. The van der Waals surface area contributed by atoms with Gasteiger partial charge in [-0.3, -0.25) is 4.79 Å². The van der Waals surface area contributed by atoms with Gasteiger partial charge >= 0.3 is 12.1 Å². The van der Waals surface area contributed by atoms with Gasteiger partial charge in [0.2, 0.25) is 0 Å². The van der Waals surface area contributed by atoms with Crippen molar-refractivity contribution >= 4 is 21.9 Å². The largest absolute Gasteiger partial charge is 0.480 e. The van der Waals surface area contributed by atoms with Gasteiger partial charge in [0.15, 0.2) is 5.92 Å². The molecule has 2 atom stereocenters. The second-order valence-corrected chi connectivity index (χ2v) is 5.97. The van der Waals surface area contributed by atoms with E-state index in [4.69, 9.17) is 0 Å². The SMILES string of the molecule is N#CC(C(=O)O)C(c1ccc(Br)cc1)c1ccccc1C(F)(F)F. The van der Waals surface area contributed by atoms with Crippen LogP contribution in [0.1, 0.15) is 22.6 Å². The Kier molecular flexibility index (Phi) is 5.30. The molecular formula is C17H11BrF3NO2. The van der Waals surface area contributed by atoms with E-state index in [9.17, 15) is 28.3 Å². The molecule has 0 aliphatic carbocycles. The molecule has 1 N–H and O–H groups in total. The van der Waals surface area contributed by atoms with Gasteiger partial charge in [-0.15, -0.1) is 0 Å². The van der Waals surface area contributed by atoms with Crippen LogP contribution in [0.3, 0.4) is 0 Å². The van der Waals surface area contributed by atoms with E-state index < -0.39 is 29.5 Å². The Labute approximate surface area is 144 Å². The standard InChI is InChI=1S/C17H11BrF3NO2/c18-11-7-5-10(6-8-11)15(13(9-22)16(23)24)12-3-1-2-4-14(12)17(19,20)21/h1-8,13,15H,(H,23,24). The number of carbonyl (C=O) groups is 1.